The average Bonchev–Trinajstić information content (AvgIpc) is 1.72. The summed E-state index contributed by atoms with van der Waals surface area (Å²) in [6.45, 7) is 5.95. The number of nitrogens with zero attached hydrogens (tertiary/aromatic N) is 1. The summed E-state index contributed by atoms with van der Waals surface area (Å²) in [5.74, 6) is -1.19. The van der Waals surface area contributed by atoms with Crippen LogP contribution in [-0.4, -0.2) is 22.3 Å². The molecule has 0 aromatic heterocycles. The summed E-state index contributed by atoms with van der Waals surface area (Å²) in [6.07, 6.45) is -1.23. The minimum atomic E-state index is -1.23. The van der Waals surface area contributed by atoms with E-state index >= 15 is 0 Å². The van der Waals surface area contributed by atoms with Gasteiger partial charge < -0.3 is 23.5 Å². The molecule has 0 aromatic carbocycles. The monoisotopic (exact) mass is 276 g/mol. The molecule has 0 spiro atoms. The van der Waals surface area contributed by atoms with Crippen LogP contribution >= 0.6 is 0 Å². The molecule has 0 bridgehead atoms. The maximum Gasteiger partial charge on any atom is 1.00 e. The van der Waals surface area contributed by atoms with Crippen molar-refractivity contribution in [1.29, 1.82) is 5.26 Å². The van der Waals surface area contributed by atoms with Crippen LogP contribution in [0.2, 0.25) is 0 Å². The van der Waals surface area contributed by atoms with Crippen LogP contribution < -0.4 is 51.4 Å². The Bertz CT molecular complexity index is 106. The van der Waals surface area contributed by atoms with Gasteiger partial charge in [-0.15, -0.1) is 0 Å². The van der Waals surface area contributed by atoms with Crippen LogP contribution in [0.25, 0.3) is 0 Å². The molecule has 2 N–H and O–H groups in total. The first-order valence-electron chi connectivity index (χ1n) is 1.78. The van der Waals surface area contributed by atoms with E-state index in [2.05, 4.69) is 0 Å². The summed E-state index contributed by atoms with van der Waals surface area (Å²) in [4.78, 5) is 9.45. The van der Waals surface area contributed by atoms with E-state index in [-0.39, 0.29) is 89.4 Å². The Balaban J connectivity index is -0.0000000140. The molecule has 1 unspecified atom stereocenters. The van der Waals surface area contributed by atoms with Crippen LogP contribution in [-0.2, 0) is 41.3 Å². The molecular formula is C4H7FeKNO3Zn-. The number of aliphatic hydroxyl groups excluding tert-OH is 1. The van der Waals surface area contributed by atoms with Crippen LogP contribution in [0.15, 0.2) is 0 Å². The molecule has 0 rings (SSSR count). The van der Waals surface area contributed by atoms with Crippen LogP contribution in [0.3, 0.4) is 0 Å². The number of carboxylic acid groups (broad SMARTS) is 1. The Morgan fingerprint density at radius 1 is 1.64 bits per heavy atom. The molecular weight excluding hydrogens is 270 g/mol. The van der Waals surface area contributed by atoms with Crippen molar-refractivity contribution in [1.82, 2.24) is 0 Å². The summed E-state index contributed by atoms with van der Waals surface area (Å²) in [5, 5.41) is 22.0. The summed E-state index contributed by atoms with van der Waals surface area (Å²) in [5.41, 5.74) is 0. The molecule has 0 saturated heterocycles. The van der Waals surface area contributed by atoms with Gasteiger partial charge in [-0.2, -0.15) is 0 Å². The first kappa shape index (κ1) is 29.3. The van der Waals surface area contributed by atoms with E-state index in [0.717, 1.165) is 0 Å². The van der Waals surface area contributed by atoms with Gasteiger partial charge in [0.05, 0.1) is 0 Å². The van der Waals surface area contributed by atoms with Crippen molar-refractivity contribution in [2.24, 2.45) is 0 Å². The summed E-state index contributed by atoms with van der Waals surface area (Å²) < 4.78 is 0. The van der Waals surface area contributed by atoms with Gasteiger partial charge in [-0.3, -0.25) is 0 Å². The minimum Gasteiger partial charge on any atom is -1.00 e. The Labute approximate surface area is 133 Å². The molecule has 7 heteroatoms. The molecule has 58 valence electrons. The van der Waals surface area contributed by atoms with Crippen molar-refractivity contribution in [2.45, 2.75) is 13.0 Å². The molecule has 0 aromatic rings. The number of carbonyl (C=O) groups is 1. The van der Waals surface area contributed by atoms with Gasteiger partial charge in [-0.1, -0.05) is 0 Å². The van der Waals surface area contributed by atoms with Gasteiger partial charge >= 0.3 is 57.4 Å². The Morgan fingerprint density at radius 3 is 1.73 bits per heavy atom. The number of aliphatic hydroxyl groups is 1. The molecule has 0 aliphatic heterocycles. The first-order valence-corrected chi connectivity index (χ1v) is 1.78. The van der Waals surface area contributed by atoms with Gasteiger partial charge in [-0.25, -0.2) is 4.79 Å². The normalized spacial score (nSPS) is 7.64. The van der Waals surface area contributed by atoms with Gasteiger partial charge in [0.25, 0.3) is 0 Å². The summed E-state index contributed by atoms with van der Waals surface area (Å²) >= 11 is 0. The topological polar surface area (TPSA) is 81.3 Å². The maximum absolute atomic E-state index is 9.45. The largest absolute Gasteiger partial charge is 1.00 e. The van der Waals surface area contributed by atoms with E-state index in [0.29, 0.717) is 0 Å². The fourth-order valence-corrected chi connectivity index (χ4v) is 0. The first-order chi connectivity index (χ1) is 3.64. The molecule has 11 heavy (non-hydrogen) atoms. The van der Waals surface area contributed by atoms with Crippen molar-refractivity contribution < 1.29 is 104 Å². The van der Waals surface area contributed by atoms with E-state index in [4.69, 9.17) is 22.0 Å². The third-order valence-electron chi connectivity index (χ3n) is 0.357. The quantitative estimate of drug-likeness (QED) is 0.388. The zero-order valence-electron chi connectivity index (χ0n) is 7.39. The van der Waals surface area contributed by atoms with E-state index < -0.39 is 12.1 Å². The van der Waals surface area contributed by atoms with Crippen LogP contribution in [0.1, 0.15) is 8.35 Å². The Morgan fingerprint density at radius 2 is 1.73 bits per heavy atom. The van der Waals surface area contributed by atoms with Gasteiger partial charge in [0.15, 0.2) is 0 Å². The molecule has 1 atom stereocenters. The average molecular weight is 277 g/mol. The molecule has 0 fully saturated rings. The number of aliphatic carboxylic acids is 1. The van der Waals surface area contributed by atoms with Crippen molar-refractivity contribution in [3.63, 3.8) is 0 Å². The smallest absolute Gasteiger partial charge is 1.00 e. The third-order valence-corrected chi connectivity index (χ3v) is 0.357. The second kappa shape index (κ2) is 22.6. The van der Waals surface area contributed by atoms with E-state index in [1.54, 1.807) is 0 Å². The molecule has 0 aliphatic rings. The minimum absolute atomic E-state index is 0. The molecule has 0 amide bonds. The fraction of sp³-hybridized carbons (Fsp3) is 0.500. The van der Waals surface area contributed by atoms with Gasteiger partial charge in [0.1, 0.15) is 6.10 Å². The van der Waals surface area contributed by atoms with Crippen LogP contribution in [0, 0.1) is 11.8 Å². The van der Waals surface area contributed by atoms with Crippen molar-refractivity contribution >= 4 is 5.97 Å². The van der Waals surface area contributed by atoms with Crippen LogP contribution in [0.4, 0.5) is 0 Å². The number of hydrogen-bond donors (Lipinski definition) is 2. The van der Waals surface area contributed by atoms with Crippen molar-refractivity contribution in [3.8, 4) is 0 Å². The van der Waals surface area contributed by atoms with Crippen molar-refractivity contribution in [3.05, 3.63) is 6.57 Å². The van der Waals surface area contributed by atoms with E-state index in [9.17, 15) is 4.79 Å². The second-order valence-electron chi connectivity index (χ2n) is 1.01. The summed E-state index contributed by atoms with van der Waals surface area (Å²) in [7, 11) is 0. The van der Waals surface area contributed by atoms with Gasteiger partial charge in [0, 0.05) is 36.5 Å². The zero-order chi connectivity index (χ0) is 7.15. The predicted molar refractivity (Wildman–Crippen MR) is 25.4 cm³/mol. The molecule has 4 nitrogen and oxygen atoms in total. The number of carboxylic acids is 1. The van der Waals surface area contributed by atoms with Gasteiger partial charge in [-0.05, 0) is 6.92 Å². The number of rotatable bonds is 1. The van der Waals surface area contributed by atoms with E-state index in [1.807, 2.05) is 0 Å². The second-order valence-corrected chi connectivity index (χ2v) is 1.01. The predicted octanol–water partition coefficient (Wildman–Crippen LogP) is -3.34. The molecule has 0 aliphatic carbocycles. The summed E-state index contributed by atoms with van der Waals surface area (Å²) in [6, 6.07) is 0. The fourth-order valence-electron chi connectivity index (χ4n) is 0. The Kier molecular flexibility index (Phi) is 60.2. The molecule has 0 saturated carbocycles. The van der Waals surface area contributed by atoms with Crippen molar-refractivity contribution in [2.75, 3.05) is 0 Å². The SMILES string of the molecule is CC(O)C(=O)O.[C-]#N.[Fe].[H-].[K+].[Zn]. The Hall–Kier alpha value is 1.70. The molecule has 0 heterocycles. The molecule has 0 radical (unpaired) electrons. The standard InChI is InChI=1S/C3H6O3.CN.Fe.K.Zn.H/c1-2(4)3(5)6;1-2;;;;/h2,4H,1H3,(H,5,6);;;;;/q;-1;;+1;;-1. The third kappa shape index (κ3) is 33.9. The zero-order valence-corrected chi connectivity index (χ0v) is 13.6. The number of hydrogen-bond acceptors (Lipinski definition) is 3. The van der Waals surface area contributed by atoms with E-state index in [1.165, 1.54) is 6.92 Å². The maximum atomic E-state index is 9.45. The van der Waals surface area contributed by atoms with Gasteiger partial charge in [0.2, 0.25) is 0 Å². The van der Waals surface area contributed by atoms with Crippen LogP contribution in [0.5, 0.6) is 0 Å².